The van der Waals surface area contributed by atoms with E-state index in [9.17, 15) is 39.6 Å². The number of rotatable bonds is 24. The molecule has 23 nitrogen and oxygen atoms in total. The Hall–Kier alpha value is -6.51. The summed E-state index contributed by atoms with van der Waals surface area (Å²) in [5, 5.41) is 57.1. The molecule has 3 aromatic rings. The highest BCUT2D eigenvalue weighted by molar-refractivity contribution is 5.82. The Labute approximate surface area is 424 Å². The molecule has 2 heterocycles. The van der Waals surface area contributed by atoms with E-state index in [0.29, 0.717) is 17.5 Å². The van der Waals surface area contributed by atoms with Gasteiger partial charge in [-0.05, 0) is 35.1 Å². The molecule has 2 aliphatic heterocycles. The summed E-state index contributed by atoms with van der Waals surface area (Å²) in [5.41, 5.74) is 10.8. The predicted octanol–water partition coefficient (Wildman–Crippen LogP) is 3.37. The number of nitrogens with zero attached hydrogens (tertiary/aromatic N) is 3. The second kappa shape index (κ2) is 28.2. The zero-order valence-electron chi connectivity index (χ0n) is 40.2. The lowest BCUT2D eigenvalue weighted by molar-refractivity contribution is -0.282. The maximum Gasteiger partial charge on any atom is 0.408 e. The molecule has 0 aromatic heterocycles. The summed E-state index contributed by atoms with van der Waals surface area (Å²) in [5.74, 6) is -5.53. The topological polar surface area (TPSA) is 320 Å². The normalized spacial score (nSPS) is 26.9. The zero-order chi connectivity index (χ0) is 53.0. The Morgan fingerprint density at radius 3 is 1.86 bits per heavy atom. The summed E-state index contributed by atoms with van der Waals surface area (Å²) in [6.45, 7) is -1.49. The second-order valence-corrected chi connectivity index (χ2v) is 17.4. The average molecular weight is 1040 g/mol. The van der Waals surface area contributed by atoms with Crippen LogP contribution in [0.25, 0.3) is 10.4 Å². The number of halogens is 2. The van der Waals surface area contributed by atoms with Gasteiger partial charge in [-0.2, -0.15) is 0 Å². The summed E-state index contributed by atoms with van der Waals surface area (Å²) >= 11 is 0. The van der Waals surface area contributed by atoms with Crippen LogP contribution in [0.5, 0.6) is 0 Å². The molecular weight excluding hydrogens is 981 g/mol. The maximum absolute atomic E-state index is 15.6. The molecule has 0 bridgehead atoms. The van der Waals surface area contributed by atoms with Gasteiger partial charge in [-0.25, -0.2) is 23.2 Å². The number of hydrogen-bond acceptors (Lipinski definition) is 17. The van der Waals surface area contributed by atoms with Gasteiger partial charge in [0.15, 0.2) is 18.7 Å². The lowest BCUT2D eigenvalue weighted by Gasteiger charge is -2.47. The van der Waals surface area contributed by atoms with Crippen LogP contribution in [0.4, 0.5) is 23.2 Å². The van der Waals surface area contributed by atoms with Crippen LogP contribution >= 0.6 is 0 Å². The van der Waals surface area contributed by atoms with E-state index in [0.717, 1.165) is 5.56 Å². The molecule has 3 aromatic carbocycles. The van der Waals surface area contributed by atoms with Crippen LogP contribution in [0.2, 0.25) is 0 Å². The number of ether oxygens (including phenoxy) is 8. The number of carbonyl (C=O) groups is 4. The first-order valence-corrected chi connectivity index (χ1v) is 23.8. The quantitative estimate of drug-likeness (QED) is 0.0159. The molecule has 0 unspecified atom stereocenters. The molecule has 4 amide bonds. The molecule has 0 radical (unpaired) electrons. The van der Waals surface area contributed by atoms with Crippen LogP contribution in [-0.2, 0) is 62.5 Å². The van der Waals surface area contributed by atoms with Crippen molar-refractivity contribution < 1.29 is 86.3 Å². The van der Waals surface area contributed by atoms with Crippen LogP contribution in [0.15, 0.2) is 108 Å². The van der Waals surface area contributed by atoms with Crippen LogP contribution in [0, 0.1) is 0 Å². The minimum absolute atomic E-state index is 0.0495. The van der Waals surface area contributed by atoms with Gasteiger partial charge in [0.05, 0.1) is 37.9 Å². The molecule has 13 atom stereocenters. The summed E-state index contributed by atoms with van der Waals surface area (Å²) in [6.07, 6.45) is -17.3. The number of alkyl halides is 2. The highest BCUT2D eigenvalue weighted by atomic mass is 19.3. The first kappa shape index (κ1) is 56.8. The molecule has 8 N–H and O–H groups in total. The fourth-order valence-electron chi connectivity index (χ4n) is 8.07. The average Bonchev–Trinajstić information content (AvgIpc) is 3.68. The van der Waals surface area contributed by atoms with Crippen molar-refractivity contribution in [3.05, 3.63) is 130 Å². The second-order valence-electron chi connectivity index (χ2n) is 17.4. The minimum Gasteiger partial charge on any atom is -0.445 e. The third-order valence-electron chi connectivity index (χ3n) is 11.9. The van der Waals surface area contributed by atoms with E-state index in [1.807, 2.05) is 0 Å². The summed E-state index contributed by atoms with van der Waals surface area (Å²) in [7, 11) is 0. The van der Waals surface area contributed by atoms with E-state index < -0.39 is 129 Å². The Morgan fingerprint density at radius 2 is 1.31 bits per heavy atom. The first-order valence-electron chi connectivity index (χ1n) is 23.8. The number of benzene rings is 3. The highest BCUT2D eigenvalue weighted by Crippen LogP contribution is 2.34. The van der Waals surface area contributed by atoms with Gasteiger partial charge in [0.1, 0.15) is 62.5 Å². The Morgan fingerprint density at radius 1 is 0.743 bits per heavy atom. The molecule has 2 fully saturated rings. The maximum atomic E-state index is 15.6. The number of nitrogens with one attached hydrogen (secondary N) is 4. The van der Waals surface area contributed by atoms with Crippen LogP contribution in [-0.4, -0.2) is 156 Å². The Bertz CT molecular complexity index is 2330. The van der Waals surface area contributed by atoms with Gasteiger partial charge in [-0.15, -0.1) is 0 Å². The largest absolute Gasteiger partial charge is 0.445 e. The van der Waals surface area contributed by atoms with Gasteiger partial charge in [0, 0.05) is 11.5 Å². The van der Waals surface area contributed by atoms with Crippen LogP contribution < -0.4 is 21.3 Å². The van der Waals surface area contributed by atoms with E-state index in [1.54, 1.807) is 97.9 Å². The van der Waals surface area contributed by atoms with Crippen molar-refractivity contribution >= 4 is 24.2 Å². The molecule has 6 rings (SSSR count). The molecule has 1 saturated carbocycles. The van der Waals surface area contributed by atoms with Crippen LogP contribution in [0.1, 0.15) is 42.9 Å². The Kier molecular flexibility index (Phi) is 21.7. The van der Waals surface area contributed by atoms with Crippen molar-refractivity contribution in [2.24, 2.45) is 5.11 Å². The summed E-state index contributed by atoms with van der Waals surface area (Å²) < 4.78 is 77.6. The number of hydrogen-bond donors (Lipinski definition) is 8. The number of unbranched alkanes of at least 4 members (excludes halogenated alkanes) is 1. The molecule has 25 heteroatoms. The van der Waals surface area contributed by atoms with Crippen molar-refractivity contribution in [3.8, 4) is 0 Å². The molecule has 3 aliphatic rings. The lowest BCUT2D eigenvalue weighted by atomic mass is 9.83. The number of aliphatic hydroxyl groups is 4. The standard InChI is InChI=1S/C49H61F2N7O16/c1-2-3-21-67-42(49(50,51)28-54-58-52)43(63)55-34-22-35(57-48(66)70-27-31-17-11-6-12-18-31)40(41(37(34)60)74-45-39(62)38(61)36(24-59)72-45)73-44-33(56-47(65)69-26-30-15-9-5-10-16-30)20-19-32(71-44)23-53-46(64)68-25-29-13-7-4-8-14-29/h4-20,32-42,44-45,59-62H,2-3,21-28H2,1H3,(H,53,64)(H,55,63)(H,56,65)(H,57,66)/t32-,33+,34+,35-,36+,37-,38+,39+,40+,41+,42+,44+,45-/m0/s1. The molecular formula is C49H61F2N7O16. The highest BCUT2D eigenvalue weighted by Gasteiger charge is 2.54. The van der Waals surface area contributed by atoms with Gasteiger partial charge in [-0.3, -0.25) is 4.79 Å². The van der Waals surface area contributed by atoms with Crippen molar-refractivity contribution in [2.45, 2.75) is 131 Å². The Balaban J connectivity index is 1.33. The van der Waals surface area contributed by atoms with Gasteiger partial charge in [0.25, 0.3) is 11.8 Å². The third-order valence-corrected chi connectivity index (χ3v) is 11.9. The van der Waals surface area contributed by atoms with E-state index >= 15 is 8.78 Å². The van der Waals surface area contributed by atoms with Crippen molar-refractivity contribution in [3.63, 3.8) is 0 Å². The zero-order valence-corrected chi connectivity index (χ0v) is 40.2. The van der Waals surface area contributed by atoms with Gasteiger partial charge in [0.2, 0.25) is 0 Å². The third kappa shape index (κ3) is 16.5. The van der Waals surface area contributed by atoms with E-state index in [2.05, 4.69) is 31.3 Å². The number of alkyl carbamates (subject to hydrolysis) is 3. The van der Waals surface area contributed by atoms with Crippen molar-refractivity contribution in [1.82, 2.24) is 21.3 Å². The molecule has 402 valence electrons. The summed E-state index contributed by atoms with van der Waals surface area (Å²) in [6, 6.07) is 21.8. The number of aliphatic hydroxyl groups excluding tert-OH is 4. The molecule has 1 aliphatic carbocycles. The van der Waals surface area contributed by atoms with Crippen molar-refractivity contribution in [2.75, 3.05) is 26.3 Å². The van der Waals surface area contributed by atoms with E-state index in [1.165, 1.54) is 12.2 Å². The van der Waals surface area contributed by atoms with E-state index in [-0.39, 0.29) is 39.4 Å². The minimum atomic E-state index is -4.07. The fourth-order valence-corrected chi connectivity index (χ4v) is 8.07. The lowest BCUT2D eigenvalue weighted by Crippen LogP contribution is -2.68. The molecule has 0 spiro atoms. The van der Waals surface area contributed by atoms with Crippen LogP contribution in [0.3, 0.4) is 0 Å². The predicted molar refractivity (Wildman–Crippen MR) is 253 cm³/mol. The fraction of sp³-hybridized carbons (Fsp3) is 0.510. The molecule has 74 heavy (non-hydrogen) atoms. The first-order chi connectivity index (χ1) is 35.7. The van der Waals surface area contributed by atoms with Gasteiger partial charge in [-0.1, -0.05) is 122 Å². The van der Waals surface area contributed by atoms with E-state index in [4.69, 9.17) is 43.4 Å². The molecule has 1 saturated heterocycles. The smallest absolute Gasteiger partial charge is 0.408 e. The number of carbonyl (C=O) groups excluding carboxylic acids is 4. The SMILES string of the molecule is CCCCO[C@H](C(=O)N[C@@H]1C[C@H](NC(=O)OCc2ccccc2)[C@@H](O[C@H]2O[C@H](CNC(=O)OCc3ccccc3)C=C[C@H]2NC(=O)OCc2ccccc2)[C@H](O[C@@H]2O[C@H](CO)[C@@H](O)[C@H]2O)[C@H]1O)C(F)(F)CN=[N+]=[N-]. The van der Waals surface area contributed by atoms with Gasteiger partial charge < -0.3 is 79.6 Å². The number of azide groups is 1. The monoisotopic (exact) mass is 1040 g/mol. The van der Waals surface area contributed by atoms with Gasteiger partial charge >= 0.3 is 18.3 Å². The summed E-state index contributed by atoms with van der Waals surface area (Å²) in [4.78, 5) is 56.3. The number of amides is 4. The van der Waals surface area contributed by atoms with Crippen molar-refractivity contribution in [1.29, 1.82) is 0 Å².